The molecule has 0 fully saturated rings. The molecule has 0 aromatic heterocycles. The summed E-state index contributed by atoms with van der Waals surface area (Å²) in [4.78, 5) is 0. The lowest BCUT2D eigenvalue weighted by Gasteiger charge is -2.14. The average molecular weight is 326 g/mol. The van der Waals surface area contributed by atoms with Crippen LogP contribution < -0.4 is 10.1 Å². The first-order valence-electron chi connectivity index (χ1n) is 5.50. The SMILES string of the molecule is CNC(C)c1ccc(OCCC(F)(F)F)cc1Br. The van der Waals surface area contributed by atoms with E-state index in [-0.39, 0.29) is 12.6 Å². The van der Waals surface area contributed by atoms with Gasteiger partial charge in [0.2, 0.25) is 0 Å². The predicted molar refractivity (Wildman–Crippen MR) is 67.8 cm³/mol. The fourth-order valence-corrected chi connectivity index (χ4v) is 2.09. The summed E-state index contributed by atoms with van der Waals surface area (Å²) in [5.74, 6) is 0.429. The van der Waals surface area contributed by atoms with Gasteiger partial charge in [0.05, 0.1) is 13.0 Å². The standard InChI is InChI=1S/C12H15BrF3NO/c1-8(17-2)10-4-3-9(7-11(10)13)18-6-5-12(14,15)16/h3-4,7-8,17H,5-6H2,1-2H3. The molecule has 1 N–H and O–H groups in total. The molecule has 0 heterocycles. The van der Waals surface area contributed by atoms with Crippen molar-refractivity contribution in [1.82, 2.24) is 5.32 Å². The van der Waals surface area contributed by atoms with E-state index in [4.69, 9.17) is 4.74 Å². The first kappa shape index (κ1) is 15.3. The Balaban J connectivity index is 2.62. The first-order valence-corrected chi connectivity index (χ1v) is 6.29. The Hall–Kier alpha value is -0.750. The van der Waals surface area contributed by atoms with Crippen LogP contribution in [0, 0.1) is 0 Å². The van der Waals surface area contributed by atoms with Gasteiger partial charge in [-0.15, -0.1) is 0 Å². The van der Waals surface area contributed by atoms with Gasteiger partial charge in [0, 0.05) is 10.5 Å². The summed E-state index contributed by atoms with van der Waals surface area (Å²) in [6.45, 7) is 1.63. The van der Waals surface area contributed by atoms with Crippen molar-refractivity contribution in [3.05, 3.63) is 28.2 Å². The highest BCUT2D eigenvalue weighted by molar-refractivity contribution is 9.10. The van der Waals surface area contributed by atoms with Crippen LogP contribution in [0.3, 0.4) is 0 Å². The topological polar surface area (TPSA) is 21.3 Å². The van der Waals surface area contributed by atoms with E-state index in [0.717, 1.165) is 10.0 Å². The summed E-state index contributed by atoms with van der Waals surface area (Å²) in [5, 5.41) is 3.08. The Morgan fingerprint density at radius 2 is 2.06 bits per heavy atom. The van der Waals surface area contributed by atoms with Gasteiger partial charge >= 0.3 is 6.18 Å². The lowest BCUT2D eigenvalue weighted by Crippen LogP contribution is -2.14. The maximum absolute atomic E-state index is 12.0. The lowest BCUT2D eigenvalue weighted by molar-refractivity contribution is -0.139. The van der Waals surface area contributed by atoms with Gasteiger partial charge < -0.3 is 10.1 Å². The Bertz CT molecular complexity index is 395. The number of nitrogens with one attached hydrogen (secondary N) is 1. The van der Waals surface area contributed by atoms with Crippen LogP contribution in [0.25, 0.3) is 0 Å². The largest absolute Gasteiger partial charge is 0.493 e. The van der Waals surface area contributed by atoms with Crippen LogP contribution in [0.2, 0.25) is 0 Å². The third-order valence-electron chi connectivity index (χ3n) is 2.53. The molecule has 6 heteroatoms. The summed E-state index contributed by atoms with van der Waals surface area (Å²) in [5.41, 5.74) is 1.03. The highest BCUT2D eigenvalue weighted by Crippen LogP contribution is 2.28. The molecule has 1 unspecified atom stereocenters. The maximum atomic E-state index is 12.0. The van der Waals surface area contributed by atoms with Crippen molar-refractivity contribution in [3.63, 3.8) is 0 Å². The van der Waals surface area contributed by atoms with Gasteiger partial charge in [-0.1, -0.05) is 22.0 Å². The van der Waals surface area contributed by atoms with Gasteiger partial charge in [0.15, 0.2) is 0 Å². The molecule has 0 saturated carbocycles. The smallest absolute Gasteiger partial charge is 0.392 e. The zero-order valence-electron chi connectivity index (χ0n) is 10.1. The molecule has 0 aliphatic carbocycles. The monoisotopic (exact) mass is 325 g/mol. The number of rotatable bonds is 5. The van der Waals surface area contributed by atoms with E-state index in [1.807, 2.05) is 20.0 Å². The van der Waals surface area contributed by atoms with E-state index in [1.54, 1.807) is 12.1 Å². The van der Waals surface area contributed by atoms with E-state index in [9.17, 15) is 13.2 Å². The number of alkyl halides is 3. The van der Waals surface area contributed by atoms with Crippen molar-refractivity contribution in [3.8, 4) is 5.75 Å². The van der Waals surface area contributed by atoms with Gasteiger partial charge in [0.25, 0.3) is 0 Å². The molecular formula is C12H15BrF3NO. The molecule has 0 amide bonds. The molecule has 0 aliphatic rings. The third-order valence-corrected chi connectivity index (χ3v) is 3.21. The second-order valence-corrected chi connectivity index (χ2v) is 4.76. The predicted octanol–water partition coefficient (Wildman–Crippen LogP) is 4.06. The second-order valence-electron chi connectivity index (χ2n) is 3.91. The number of halogens is 4. The molecule has 102 valence electrons. The van der Waals surface area contributed by atoms with Crippen LogP contribution in [-0.4, -0.2) is 19.8 Å². The van der Waals surface area contributed by atoms with Crippen molar-refractivity contribution in [2.75, 3.05) is 13.7 Å². The molecule has 1 aromatic rings. The van der Waals surface area contributed by atoms with E-state index < -0.39 is 12.6 Å². The summed E-state index contributed by atoms with van der Waals surface area (Å²) in [7, 11) is 1.84. The van der Waals surface area contributed by atoms with Crippen LogP contribution in [0.4, 0.5) is 13.2 Å². The minimum Gasteiger partial charge on any atom is -0.493 e. The zero-order chi connectivity index (χ0) is 13.8. The van der Waals surface area contributed by atoms with Gasteiger partial charge in [-0.25, -0.2) is 0 Å². The Morgan fingerprint density at radius 3 is 2.56 bits per heavy atom. The second kappa shape index (κ2) is 6.43. The quantitative estimate of drug-likeness (QED) is 0.881. The van der Waals surface area contributed by atoms with Crippen molar-refractivity contribution in [1.29, 1.82) is 0 Å². The number of hydrogen-bond acceptors (Lipinski definition) is 2. The maximum Gasteiger partial charge on any atom is 0.392 e. The van der Waals surface area contributed by atoms with Crippen LogP contribution in [-0.2, 0) is 0 Å². The van der Waals surface area contributed by atoms with Crippen molar-refractivity contribution < 1.29 is 17.9 Å². The fraction of sp³-hybridized carbons (Fsp3) is 0.500. The zero-order valence-corrected chi connectivity index (χ0v) is 11.7. The molecule has 0 spiro atoms. The minimum absolute atomic E-state index is 0.156. The normalized spacial score (nSPS) is 13.4. The molecule has 2 nitrogen and oxygen atoms in total. The van der Waals surface area contributed by atoms with Crippen LogP contribution >= 0.6 is 15.9 Å². The molecule has 0 bridgehead atoms. The molecule has 1 atom stereocenters. The van der Waals surface area contributed by atoms with E-state index in [1.165, 1.54) is 0 Å². The summed E-state index contributed by atoms with van der Waals surface area (Å²) in [6, 6.07) is 5.33. The lowest BCUT2D eigenvalue weighted by atomic mass is 10.1. The molecule has 1 rings (SSSR count). The third kappa shape index (κ3) is 4.86. The van der Waals surface area contributed by atoms with E-state index in [0.29, 0.717) is 5.75 Å². The number of hydrogen-bond donors (Lipinski definition) is 1. The van der Waals surface area contributed by atoms with Crippen LogP contribution in [0.1, 0.15) is 24.9 Å². The Morgan fingerprint density at radius 1 is 1.39 bits per heavy atom. The van der Waals surface area contributed by atoms with Crippen molar-refractivity contribution >= 4 is 15.9 Å². The van der Waals surface area contributed by atoms with Crippen molar-refractivity contribution in [2.24, 2.45) is 0 Å². The number of ether oxygens (including phenoxy) is 1. The molecule has 0 aliphatic heterocycles. The van der Waals surface area contributed by atoms with Crippen LogP contribution in [0.5, 0.6) is 5.75 Å². The molecule has 0 radical (unpaired) electrons. The van der Waals surface area contributed by atoms with Gasteiger partial charge in [-0.05, 0) is 31.7 Å². The number of benzene rings is 1. The van der Waals surface area contributed by atoms with Crippen molar-refractivity contribution in [2.45, 2.75) is 25.6 Å². The Labute approximate surface area is 113 Å². The Kier molecular flexibility index (Phi) is 5.47. The average Bonchev–Trinajstić information content (AvgIpc) is 2.26. The molecular weight excluding hydrogens is 311 g/mol. The first-order chi connectivity index (χ1) is 8.33. The molecule has 1 aromatic carbocycles. The summed E-state index contributed by atoms with van der Waals surface area (Å²) >= 11 is 3.38. The van der Waals surface area contributed by atoms with Crippen LogP contribution in [0.15, 0.2) is 22.7 Å². The van der Waals surface area contributed by atoms with Gasteiger partial charge in [-0.3, -0.25) is 0 Å². The van der Waals surface area contributed by atoms with E-state index >= 15 is 0 Å². The summed E-state index contributed by atoms with van der Waals surface area (Å²) in [6.07, 6.45) is -5.13. The highest BCUT2D eigenvalue weighted by atomic mass is 79.9. The van der Waals surface area contributed by atoms with Gasteiger partial charge in [-0.2, -0.15) is 13.2 Å². The summed E-state index contributed by atoms with van der Waals surface area (Å²) < 4.78 is 41.7. The van der Waals surface area contributed by atoms with Gasteiger partial charge in [0.1, 0.15) is 5.75 Å². The molecule has 18 heavy (non-hydrogen) atoms. The minimum atomic E-state index is -4.18. The van der Waals surface area contributed by atoms with E-state index in [2.05, 4.69) is 21.2 Å². The fourth-order valence-electron chi connectivity index (χ4n) is 1.39. The highest BCUT2D eigenvalue weighted by Gasteiger charge is 2.26. The molecule has 0 saturated heterocycles.